The van der Waals surface area contributed by atoms with Gasteiger partial charge >= 0.3 is 0 Å². The summed E-state index contributed by atoms with van der Waals surface area (Å²) in [5.74, 6) is 0.886. The van der Waals surface area contributed by atoms with Gasteiger partial charge in [0.2, 0.25) is 0 Å². The fourth-order valence-corrected chi connectivity index (χ4v) is 2.34. The summed E-state index contributed by atoms with van der Waals surface area (Å²) in [5, 5.41) is 0. The van der Waals surface area contributed by atoms with E-state index in [-0.39, 0.29) is 0 Å². The van der Waals surface area contributed by atoms with Crippen LogP contribution >= 0.6 is 12.2 Å². The Morgan fingerprint density at radius 2 is 1.89 bits per heavy atom. The molecule has 1 aromatic rings. The van der Waals surface area contributed by atoms with Crippen LogP contribution in [0.4, 0.5) is 0 Å². The van der Waals surface area contributed by atoms with Gasteiger partial charge in [-0.3, -0.25) is 0 Å². The minimum absolute atomic E-state index is 0.426. The first-order valence-electron chi connectivity index (χ1n) is 6.51. The molecule has 0 unspecified atom stereocenters. The minimum atomic E-state index is 0.426. The van der Waals surface area contributed by atoms with Crippen LogP contribution in [0.1, 0.15) is 24.8 Å². The lowest BCUT2D eigenvalue weighted by molar-refractivity contribution is 0.263. The number of nitrogens with zero attached hydrogens (tertiary/aromatic N) is 1. The summed E-state index contributed by atoms with van der Waals surface area (Å²) < 4.78 is 5.69. The first kappa shape index (κ1) is 13.3. The van der Waals surface area contributed by atoms with E-state index in [1.54, 1.807) is 0 Å². The summed E-state index contributed by atoms with van der Waals surface area (Å²) in [6, 6.07) is 7.64. The van der Waals surface area contributed by atoms with Crippen molar-refractivity contribution in [1.82, 2.24) is 4.90 Å². The molecule has 18 heavy (non-hydrogen) atoms. The Hall–Kier alpha value is -1.13. The molecule has 0 amide bonds. The lowest BCUT2D eigenvalue weighted by Crippen LogP contribution is -2.21. The Balaban J connectivity index is 1.68. The largest absolute Gasteiger partial charge is 0.494 e. The third kappa shape index (κ3) is 3.96. The van der Waals surface area contributed by atoms with E-state index in [9.17, 15) is 0 Å². The van der Waals surface area contributed by atoms with Gasteiger partial charge in [-0.1, -0.05) is 12.2 Å². The number of ether oxygens (including phenoxy) is 1. The van der Waals surface area contributed by atoms with Crippen molar-refractivity contribution in [2.75, 3.05) is 26.2 Å². The molecule has 2 N–H and O–H groups in total. The first-order valence-corrected chi connectivity index (χ1v) is 6.91. The number of benzene rings is 1. The van der Waals surface area contributed by atoms with Gasteiger partial charge in [-0.25, -0.2) is 0 Å². The normalized spacial score (nSPS) is 15.8. The fraction of sp³-hybridized carbons (Fsp3) is 0.500. The molecule has 1 heterocycles. The van der Waals surface area contributed by atoms with Crippen LogP contribution in [0.3, 0.4) is 0 Å². The predicted molar refractivity (Wildman–Crippen MR) is 78.1 cm³/mol. The van der Waals surface area contributed by atoms with Gasteiger partial charge < -0.3 is 15.4 Å². The van der Waals surface area contributed by atoms with Crippen LogP contribution in [0.5, 0.6) is 5.75 Å². The third-order valence-electron chi connectivity index (χ3n) is 3.22. The number of nitrogens with two attached hydrogens (primary N) is 1. The van der Waals surface area contributed by atoms with Crippen molar-refractivity contribution in [1.29, 1.82) is 0 Å². The quantitative estimate of drug-likeness (QED) is 0.631. The van der Waals surface area contributed by atoms with Gasteiger partial charge in [0.15, 0.2) is 0 Å². The number of likely N-dealkylation sites (tertiary alicyclic amines) is 1. The van der Waals surface area contributed by atoms with Crippen LogP contribution in [0.15, 0.2) is 24.3 Å². The van der Waals surface area contributed by atoms with Gasteiger partial charge in [-0.05, 0) is 56.6 Å². The van der Waals surface area contributed by atoms with Crippen molar-refractivity contribution in [3.8, 4) is 5.75 Å². The maximum atomic E-state index is 5.69. The molecule has 0 radical (unpaired) electrons. The van der Waals surface area contributed by atoms with Crippen LogP contribution in [-0.4, -0.2) is 36.1 Å². The molecular formula is C14H20N2OS. The van der Waals surface area contributed by atoms with E-state index in [1.165, 1.54) is 25.9 Å². The van der Waals surface area contributed by atoms with E-state index < -0.39 is 0 Å². The highest BCUT2D eigenvalue weighted by Gasteiger charge is 2.10. The number of rotatable bonds is 6. The molecule has 1 fully saturated rings. The number of thiocarbonyl (C=S) groups is 1. The average molecular weight is 264 g/mol. The molecule has 0 aliphatic carbocycles. The maximum Gasteiger partial charge on any atom is 0.119 e. The van der Waals surface area contributed by atoms with E-state index in [2.05, 4.69) is 4.90 Å². The number of hydrogen-bond donors (Lipinski definition) is 1. The first-order chi connectivity index (χ1) is 8.75. The Kier molecular flexibility index (Phi) is 4.96. The zero-order valence-electron chi connectivity index (χ0n) is 10.6. The molecule has 1 aliphatic rings. The standard InChI is InChI=1S/C14H20N2OS/c15-14(18)12-4-6-13(7-5-12)17-11-3-10-16-8-1-2-9-16/h4-7H,1-3,8-11H2,(H2,15,18). The molecule has 0 bridgehead atoms. The lowest BCUT2D eigenvalue weighted by atomic mass is 10.2. The van der Waals surface area contributed by atoms with E-state index in [4.69, 9.17) is 22.7 Å². The summed E-state index contributed by atoms with van der Waals surface area (Å²) >= 11 is 4.90. The van der Waals surface area contributed by atoms with Crippen molar-refractivity contribution in [2.45, 2.75) is 19.3 Å². The van der Waals surface area contributed by atoms with Gasteiger partial charge in [0.1, 0.15) is 10.7 Å². The highest BCUT2D eigenvalue weighted by Crippen LogP contribution is 2.13. The van der Waals surface area contributed by atoms with Crippen molar-refractivity contribution >= 4 is 17.2 Å². The molecule has 3 nitrogen and oxygen atoms in total. The van der Waals surface area contributed by atoms with E-state index in [0.29, 0.717) is 4.99 Å². The van der Waals surface area contributed by atoms with E-state index in [1.807, 2.05) is 24.3 Å². The fourth-order valence-electron chi connectivity index (χ4n) is 2.20. The monoisotopic (exact) mass is 264 g/mol. The van der Waals surface area contributed by atoms with Crippen LogP contribution in [0, 0.1) is 0 Å². The van der Waals surface area contributed by atoms with Gasteiger partial charge in [-0.15, -0.1) is 0 Å². The molecule has 0 aromatic heterocycles. The molecule has 1 saturated heterocycles. The highest BCUT2D eigenvalue weighted by molar-refractivity contribution is 7.80. The molecule has 1 aliphatic heterocycles. The van der Waals surface area contributed by atoms with E-state index in [0.717, 1.165) is 30.9 Å². The smallest absolute Gasteiger partial charge is 0.119 e. The zero-order chi connectivity index (χ0) is 12.8. The van der Waals surface area contributed by atoms with Gasteiger partial charge in [-0.2, -0.15) is 0 Å². The molecule has 0 saturated carbocycles. The van der Waals surface area contributed by atoms with Crippen molar-refractivity contribution < 1.29 is 4.74 Å². The van der Waals surface area contributed by atoms with Gasteiger partial charge in [0.25, 0.3) is 0 Å². The number of hydrogen-bond acceptors (Lipinski definition) is 3. The second-order valence-corrected chi connectivity index (χ2v) is 5.08. The molecule has 4 heteroatoms. The third-order valence-corrected chi connectivity index (χ3v) is 3.46. The molecule has 98 valence electrons. The summed E-state index contributed by atoms with van der Waals surface area (Å²) in [6.07, 6.45) is 3.78. The average Bonchev–Trinajstić information content (AvgIpc) is 2.88. The van der Waals surface area contributed by atoms with Gasteiger partial charge in [0, 0.05) is 12.1 Å². The highest BCUT2D eigenvalue weighted by atomic mass is 32.1. The van der Waals surface area contributed by atoms with Crippen LogP contribution in [-0.2, 0) is 0 Å². The Morgan fingerprint density at radius 1 is 1.22 bits per heavy atom. The predicted octanol–water partition coefficient (Wildman–Crippen LogP) is 2.19. The molecule has 1 aromatic carbocycles. The minimum Gasteiger partial charge on any atom is -0.494 e. The second kappa shape index (κ2) is 6.71. The summed E-state index contributed by atoms with van der Waals surface area (Å²) in [6.45, 7) is 4.42. The summed E-state index contributed by atoms with van der Waals surface area (Å²) in [4.78, 5) is 2.93. The lowest BCUT2D eigenvalue weighted by Gasteiger charge is -2.14. The van der Waals surface area contributed by atoms with Crippen LogP contribution < -0.4 is 10.5 Å². The van der Waals surface area contributed by atoms with Crippen LogP contribution in [0.25, 0.3) is 0 Å². The van der Waals surface area contributed by atoms with Gasteiger partial charge in [0.05, 0.1) is 6.61 Å². The van der Waals surface area contributed by atoms with Crippen LogP contribution in [0.2, 0.25) is 0 Å². The maximum absolute atomic E-state index is 5.69. The Labute approximate surface area is 114 Å². The Bertz CT molecular complexity index is 385. The van der Waals surface area contributed by atoms with E-state index >= 15 is 0 Å². The van der Waals surface area contributed by atoms with Crippen molar-refractivity contribution in [3.63, 3.8) is 0 Å². The molecular weight excluding hydrogens is 244 g/mol. The Morgan fingerprint density at radius 3 is 2.50 bits per heavy atom. The van der Waals surface area contributed by atoms with Crippen molar-refractivity contribution in [3.05, 3.63) is 29.8 Å². The second-order valence-electron chi connectivity index (χ2n) is 4.64. The zero-order valence-corrected chi connectivity index (χ0v) is 11.4. The molecule has 0 spiro atoms. The summed E-state index contributed by atoms with van der Waals surface area (Å²) in [5.41, 5.74) is 6.42. The topological polar surface area (TPSA) is 38.5 Å². The SMILES string of the molecule is NC(=S)c1ccc(OCCCN2CCCC2)cc1. The molecule has 2 rings (SSSR count). The van der Waals surface area contributed by atoms with Crippen molar-refractivity contribution in [2.24, 2.45) is 5.73 Å². The summed E-state index contributed by atoms with van der Waals surface area (Å²) in [7, 11) is 0. The molecule has 0 atom stereocenters.